The largest absolute Gasteiger partial charge is 0.497 e. The van der Waals surface area contributed by atoms with Gasteiger partial charge in [-0.1, -0.05) is 26.0 Å². The zero-order valence-electron chi connectivity index (χ0n) is 16.7. The lowest BCUT2D eigenvalue weighted by Gasteiger charge is -2.26. The summed E-state index contributed by atoms with van der Waals surface area (Å²) in [5.41, 5.74) is 2.32. The predicted octanol–water partition coefficient (Wildman–Crippen LogP) is 4.13. The van der Waals surface area contributed by atoms with E-state index in [0.717, 1.165) is 49.0 Å². The minimum absolute atomic E-state index is 0.258. The molecule has 0 N–H and O–H groups in total. The van der Waals surface area contributed by atoms with Crippen molar-refractivity contribution in [1.82, 2.24) is 24.4 Å². The van der Waals surface area contributed by atoms with E-state index in [1.165, 1.54) is 5.56 Å². The van der Waals surface area contributed by atoms with Gasteiger partial charge in [0.05, 0.1) is 13.2 Å². The van der Waals surface area contributed by atoms with Crippen LogP contribution in [0.25, 0.3) is 5.82 Å². The number of imidazole rings is 1. The number of methoxy groups -OCH3 is 1. The Hall–Kier alpha value is -2.73. The van der Waals surface area contributed by atoms with Crippen molar-refractivity contribution in [2.75, 3.05) is 13.7 Å². The van der Waals surface area contributed by atoms with Gasteiger partial charge in [-0.25, -0.2) is 9.97 Å². The Balaban J connectivity index is 1.63. The van der Waals surface area contributed by atoms with Gasteiger partial charge in [0.1, 0.15) is 17.3 Å². The van der Waals surface area contributed by atoms with E-state index in [-0.39, 0.29) is 6.04 Å². The van der Waals surface area contributed by atoms with Gasteiger partial charge in [-0.15, -0.1) is 0 Å². The maximum Gasteiger partial charge on any atom is 0.161 e. The summed E-state index contributed by atoms with van der Waals surface area (Å²) in [6.45, 7) is 6.26. The van der Waals surface area contributed by atoms with Crippen LogP contribution in [0.1, 0.15) is 55.7 Å². The van der Waals surface area contributed by atoms with E-state index in [1.54, 1.807) is 19.5 Å². The molecule has 1 atom stereocenters. The molecule has 0 spiro atoms. The monoisotopic (exact) mass is 377 g/mol. The van der Waals surface area contributed by atoms with Crippen LogP contribution in [0.3, 0.4) is 0 Å². The number of hydrogen-bond donors (Lipinski definition) is 0. The number of hydrogen-bond acceptors (Lipinski definition) is 5. The van der Waals surface area contributed by atoms with E-state index in [2.05, 4.69) is 40.4 Å². The summed E-state index contributed by atoms with van der Waals surface area (Å²) in [6, 6.07) is 8.58. The third-order valence-corrected chi connectivity index (χ3v) is 5.34. The van der Waals surface area contributed by atoms with Gasteiger partial charge in [-0.2, -0.15) is 0 Å². The maximum atomic E-state index is 5.28. The first-order chi connectivity index (χ1) is 13.7. The molecule has 0 unspecified atom stereocenters. The number of ether oxygens (including phenoxy) is 1. The molecule has 6 nitrogen and oxygen atoms in total. The van der Waals surface area contributed by atoms with Crippen LogP contribution in [-0.4, -0.2) is 38.1 Å². The van der Waals surface area contributed by atoms with Crippen LogP contribution >= 0.6 is 0 Å². The van der Waals surface area contributed by atoms with Crippen molar-refractivity contribution in [1.29, 1.82) is 0 Å². The van der Waals surface area contributed by atoms with Crippen LogP contribution in [0.15, 0.2) is 49.1 Å². The van der Waals surface area contributed by atoms with E-state index in [4.69, 9.17) is 14.7 Å². The summed E-state index contributed by atoms with van der Waals surface area (Å²) in [5, 5.41) is 0. The lowest BCUT2D eigenvalue weighted by molar-refractivity contribution is 0.243. The molecule has 0 amide bonds. The van der Waals surface area contributed by atoms with Crippen molar-refractivity contribution < 1.29 is 4.74 Å². The predicted molar refractivity (Wildman–Crippen MR) is 109 cm³/mol. The quantitative estimate of drug-likeness (QED) is 0.646. The molecule has 0 bridgehead atoms. The fourth-order valence-corrected chi connectivity index (χ4v) is 3.97. The van der Waals surface area contributed by atoms with Crippen LogP contribution in [0.2, 0.25) is 0 Å². The maximum absolute atomic E-state index is 5.28. The molecular formula is C22H27N5O. The van der Waals surface area contributed by atoms with Crippen molar-refractivity contribution in [3.63, 3.8) is 0 Å². The molecule has 28 heavy (non-hydrogen) atoms. The molecule has 3 aromatic rings. The van der Waals surface area contributed by atoms with Crippen molar-refractivity contribution in [3.05, 3.63) is 66.1 Å². The lowest BCUT2D eigenvalue weighted by atomic mass is 10.1. The first-order valence-electron chi connectivity index (χ1n) is 9.89. The number of aromatic nitrogens is 4. The molecule has 0 aliphatic carbocycles. The van der Waals surface area contributed by atoms with Crippen LogP contribution in [0.4, 0.5) is 0 Å². The minimum atomic E-state index is 0.258. The Morgan fingerprint density at radius 3 is 2.61 bits per heavy atom. The molecule has 0 radical (unpaired) electrons. The van der Waals surface area contributed by atoms with Crippen LogP contribution in [0, 0.1) is 0 Å². The molecule has 1 aliphatic rings. The van der Waals surface area contributed by atoms with Crippen LogP contribution < -0.4 is 4.74 Å². The second-order valence-electron chi connectivity index (χ2n) is 7.55. The van der Waals surface area contributed by atoms with Crippen molar-refractivity contribution in [3.8, 4) is 11.6 Å². The highest BCUT2D eigenvalue weighted by atomic mass is 16.5. The zero-order chi connectivity index (χ0) is 19.5. The second-order valence-corrected chi connectivity index (χ2v) is 7.55. The Kier molecular flexibility index (Phi) is 5.39. The van der Waals surface area contributed by atoms with Gasteiger partial charge in [0.2, 0.25) is 0 Å². The second kappa shape index (κ2) is 8.10. The summed E-state index contributed by atoms with van der Waals surface area (Å²) in [5.74, 6) is 3.12. The van der Waals surface area contributed by atoms with Gasteiger partial charge >= 0.3 is 0 Å². The van der Waals surface area contributed by atoms with Gasteiger partial charge in [-0.3, -0.25) is 14.5 Å². The van der Waals surface area contributed by atoms with E-state index >= 15 is 0 Å². The Morgan fingerprint density at radius 2 is 1.86 bits per heavy atom. The fourth-order valence-electron chi connectivity index (χ4n) is 3.97. The fraction of sp³-hybridized carbons (Fsp3) is 0.409. The number of rotatable bonds is 6. The standard InChI is InChI=1S/C22H27N5O/c1-16(2)21-25-12-14-27(21)22-20(23-10-11-24-22)19-5-4-13-26(19)15-17-6-8-18(28-3)9-7-17/h6-12,14,16,19H,4-5,13,15H2,1-3H3/t19-/m0/s1. The summed E-state index contributed by atoms with van der Waals surface area (Å²) >= 11 is 0. The molecule has 1 aromatic carbocycles. The normalized spacial score (nSPS) is 17.4. The minimum Gasteiger partial charge on any atom is -0.497 e. The molecule has 0 saturated carbocycles. The number of likely N-dealkylation sites (tertiary alicyclic amines) is 1. The van der Waals surface area contributed by atoms with Crippen molar-refractivity contribution in [2.24, 2.45) is 0 Å². The average molecular weight is 377 g/mol. The summed E-state index contributed by atoms with van der Waals surface area (Å²) in [6.07, 6.45) is 9.66. The van der Waals surface area contributed by atoms with E-state index in [9.17, 15) is 0 Å². The molecule has 4 rings (SSSR count). The van der Waals surface area contributed by atoms with Crippen molar-refractivity contribution in [2.45, 2.75) is 45.2 Å². The molecule has 1 saturated heterocycles. The molecule has 1 aliphatic heterocycles. The Labute approximate surface area is 166 Å². The van der Waals surface area contributed by atoms with Gasteiger partial charge in [0.15, 0.2) is 5.82 Å². The molecular weight excluding hydrogens is 350 g/mol. The first-order valence-corrected chi connectivity index (χ1v) is 9.89. The Bertz CT molecular complexity index is 919. The lowest BCUT2D eigenvalue weighted by Crippen LogP contribution is -2.25. The molecule has 6 heteroatoms. The number of benzene rings is 1. The Morgan fingerprint density at radius 1 is 1.07 bits per heavy atom. The third-order valence-electron chi connectivity index (χ3n) is 5.34. The van der Waals surface area contributed by atoms with Gasteiger partial charge in [0.25, 0.3) is 0 Å². The van der Waals surface area contributed by atoms with Crippen LogP contribution in [-0.2, 0) is 6.54 Å². The van der Waals surface area contributed by atoms with Crippen molar-refractivity contribution >= 4 is 0 Å². The van der Waals surface area contributed by atoms with E-state index < -0.39 is 0 Å². The van der Waals surface area contributed by atoms with Gasteiger partial charge in [0, 0.05) is 37.3 Å². The third kappa shape index (κ3) is 3.64. The highest BCUT2D eigenvalue weighted by molar-refractivity contribution is 5.34. The molecule has 1 fully saturated rings. The average Bonchev–Trinajstić information content (AvgIpc) is 3.38. The van der Waals surface area contributed by atoms with E-state index in [1.807, 2.05) is 24.5 Å². The summed E-state index contributed by atoms with van der Waals surface area (Å²) < 4.78 is 7.37. The van der Waals surface area contributed by atoms with Gasteiger partial charge < -0.3 is 4.74 Å². The van der Waals surface area contributed by atoms with Crippen LogP contribution in [0.5, 0.6) is 5.75 Å². The SMILES string of the molecule is COc1ccc(CN2CCC[C@H]2c2nccnc2-n2ccnc2C(C)C)cc1. The molecule has 146 valence electrons. The zero-order valence-corrected chi connectivity index (χ0v) is 16.7. The first kappa shape index (κ1) is 18.6. The smallest absolute Gasteiger partial charge is 0.161 e. The van der Waals surface area contributed by atoms with E-state index in [0.29, 0.717) is 5.92 Å². The highest BCUT2D eigenvalue weighted by Gasteiger charge is 2.30. The summed E-state index contributed by atoms with van der Waals surface area (Å²) in [4.78, 5) is 16.5. The topological polar surface area (TPSA) is 56.1 Å². The molecule has 2 aromatic heterocycles. The number of nitrogens with zero attached hydrogens (tertiary/aromatic N) is 5. The van der Waals surface area contributed by atoms with Gasteiger partial charge in [-0.05, 0) is 37.1 Å². The molecule has 3 heterocycles. The highest BCUT2D eigenvalue weighted by Crippen LogP contribution is 2.35. The summed E-state index contributed by atoms with van der Waals surface area (Å²) in [7, 11) is 1.70.